The Morgan fingerprint density at radius 2 is 1.35 bits per heavy atom. The molecular formula is C18H24NP. The molecule has 0 aliphatic rings. The van der Waals surface area contributed by atoms with Gasteiger partial charge in [-0.05, 0) is 31.0 Å². The van der Waals surface area contributed by atoms with E-state index < -0.39 is 8.07 Å². The van der Waals surface area contributed by atoms with Crippen LogP contribution in [0.15, 0.2) is 60.7 Å². The first-order valence-corrected chi connectivity index (χ1v) is 8.49. The lowest BCUT2D eigenvalue weighted by molar-refractivity contribution is 0.705. The Labute approximate surface area is 124 Å². The number of hydrogen-bond acceptors (Lipinski definition) is 1. The topological polar surface area (TPSA) is 12.0 Å². The zero-order chi connectivity index (χ0) is 14.6. The Hall–Kier alpha value is -1.17. The minimum atomic E-state index is -0.410. The average molecular weight is 285 g/mol. The molecule has 106 valence electrons. The second-order valence-electron chi connectivity index (χ2n) is 6.10. The average Bonchev–Trinajstić information content (AvgIpc) is 2.45. The van der Waals surface area contributed by atoms with Gasteiger partial charge in [-0.2, -0.15) is 0 Å². The van der Waals surface area contributed by atoms with E-state index in [1.54, 1.807) is 0 Å². The molecule has 1 N–H and O–H groups in total. The summed E-state index contributed by atoms with van der Waals surface area (Å²) in [4.78, 5) is 0. The van der Waals surface area contributed by atoms with E-state index in [2.05, 4.69) is 93.4 Å². The molecule has 1 unspecified atom stereocenters. The second-order valence-corrected chi connectivity index (χ2v) is 8.89. The van der Waals surface area contributed by atoms with Crippen LogP contribution in [0.2, 0.25) is 0 Å². The summed E-state index contributed by atoms with van der Waals surface area (Å²) < 4.78 is 0. The lowest BCUT2D eigenvalue weighted by Crippen LogP contribution is -2.30. The molecular weight excluding hydrogens is 261 g/mol. The van der Waals surface area contributed by atoms with E-state index in [1.165, 1.54) is 10.9 Å². The van der Waals surface area contributed by atoms with Gasteiger partial charge < -0.3 is 0 Å². The summed E-state index contributed by atoms with van der Waals surface area (Å²) >= 11 is 0. The first-order chi connectivity index (χ1) is 9.48. The fourth-order valence-corrected chi connectivity index (χ4v) is 4.56. The third-order valence-corrected chi connectivity index (χ3v) is 6.11. The van der Waals surface area contributed by atoms with Gasteiger partial charge in [0, 0.05) is 6.04 Å². The van der Waals surface area contributed by atoms with Gasteiger partial charge in [0.15, 0.2) is 0 Å². The van der Waals surface area contributed by atoms with Gasteiger partial charge in [-0.3, -0.25) is 5.09 Å². The van der Waals surface area contributed by atoms with Crippen LogP contribution in [0.1, 0.15) is 39.3 Å². The number of benzene rings is 2. The van der Waals surface area contributed by atoms with Crippen molar-refractivity contribution in [1.29, 1.82) is 0 Å². The minimum absolute atomic E-state index is 0.236. The van der Waals surface area contributed by atoms with Crippen molar-refractivity contribution in [1.82, 2.24) is 5.09 Å². The molecule has 0 aliphatic heterocycles. The van der Waals surface area contributed by atoms with E-state index in [-0.39, 0.29) is 5.16 Å². The number of nitrogens with one attached hydrogen (secondary N) is 1. The Morgan fingerprint density at radius 1 is 0.850 bits per heavy atom. The van der Waals surface area contributed by atoms with Gasteiger partial charge in [-0.1, -0.05) is 81.4 Å². The monoisotopic (exact) mass is 285 g/mol. The maximum absolute atomic E-state index is 3.85. The minimum Gasteiger partial charge on any atom is -0.285 e. The normalized spacial score (nSPS) is 14.8. The molecule has 0 amide bonds. The molecule has 2 aromatic carbocycles. The fourth-order valence-electron chi connectivity index (χ4n) is 2.24. The zero-order valence-corrected chi connectivity index (χ0v) is 13.7. The van der Waals surface area contributed by atoms with Crippen molar-refractivity contribution in [2.24, 2.45) is 0 Å². The molecule has 20 heavy (non-hydrogen) atoms. The summed E-state index contributed by atoms with van der Waals surface area (Å²) in [6.07, 6.45) is 0. The third kappa shape index (κ3) is 3.91. The zero-order valence-electron chi connectivity index (χ0n) is 12.8. The lowest BCUT2D eigenvalue weighted by Gasteiger charge is -2.34. The van der Waals surface area contributed by atoms with Crippen molar-refractivity contribution < 1.29 is 0 Å². The van der Waals surface area contributed by atoms with Gasteiger partial charge in [0.05, 0.1) is 0 Å². The predicted octanol–water partition coefficient (Wildman–Crippen LogP) is 4.86. The van der Waals surface area contributed by atoms with E-state index in [1.807, 2.05) is 0 Å². The Morgan fingerprint density at radius 3 is 1.85 bits per heavy atom. The molecule has 2 heteroatoms. The first kappa shape index (κ1) is 15.2. The van der Waals surface area contributed by atoms with Crippen molar-refractivity contribution in [2.45, 2.75) is 38.9 Å². The van der Waals surface area contributed by atoms with Crippen LogP contribution in [0.25, 0.3) is 0 Å². The molecule has 0 aliphatic carbocycles. The largest absolute Gasteiger partial charge is 0.285 e. The molecule has 0 saturated carbocycles. The van der Waals surface area contributed by atoms with Crippen LogP contribution >= 0.6 is 8.07 Å². The molecule has 2 atom stereocenters. The molecule has 0 heterocycles. The molecule has 2 rings (SSSR count). The predicted molar refractivity (Wildman–Crippen MR) is 90.7 cm³/mol. The van der Waals surface area contributed by atoms with Gasteiger partial charge in [-0.15, -0.1) is 0 Å². The van der Waals surface area contributed by atoms with E-state index in [9.17, 15) is 0 Å². The maximum atomic E-state index is 3.85. The van der Waals surface area contributed by atoms with Crippen molar-refractivity contribution in [3.63, 3.8) is 0 Å². The summed E-state index contributed by atoms with van der Waals surface area (Å²) in [5.41, 5.74) is 1.35. The van der Waals surface area contributed by atoms with Crippen molar-refractivity contribution in [3.8, 4) is 0 Å². The summed E-state index contributed by atoms with van der Waals surface area (Å²) in [5, 5.41) is 5.50. The third-order valence-electron chi connectivity index (χ3n) is 3.31. The van der Waals surface area contributed by atoms with Crippen molar-refractivity contribution in [3.05, 3.63) is 66.2 Å². The molecule has 0 aromatic heterocycles. The first-order valence-electron chi connectivity index (χ1n) is 7.15. The Balaban J connectivity index is 2.22. The van der Waals surface area contributed by atoms with E-state index in [0.717, 1.165) is 0 Å². The highest BCUT2D eigenvalue weighted by Gasteiger charge is 2.27. The van der Waals surface area contributed by atoms with E-state index >= 15 is 0 Å². The van der Waals surface area contributed by atoms with Gasteiger partial charge >= 0.3 is 0 Å². The molecule has 1 nitrogen and oxygen atoms in total. The van der Waals surface area contributed by atoms with Gasteiger partial charge in [0.2, 0.25) is 0 Å². The molecule has 0 spiro atoms. The molecule has 0 saturated heterocycles. The van der Waals surface area contributed by atoms with Gasteiger partial charge in [0.25, 0.3) is 0 Å². The van der Waals surface area contributed by atoms with Gasteiger partial charge in [-0.25, -0.2) is 0 Å². The maximum Gasteiger partial charge on any atom is 0.0330 e. The SMILES string of the molecule is C[C@@H](NP(c1ccccc1)C(C)(C)C)c1ccccc1. The van der Waals surface area contributed by atoms with Crippen molar-refractivity contribution >= 4 is 13.4 Å². The Kier molecular flexibility index (Phi) is 4.96. The molecule has 2 aromatic rings. The highest BCUT2D eigenvalue weighted by atomic mass is 31.1. The smallest absolute Gasteiger partial charge is 0.0330 e. The van der Waals surface area contributed by atoms with E-state index in [4.69, 9.17) is 0 Å². The van der Waals surface area contributed by atoms with Crippen LogP contribution in [0.3, 0.4) is 0 Å². The summed E-state index contributed by atoms with van der Waals surface area (Å²) in [5.74, 6) is 0. The van der Waals surface area contributed by atoms with Crippen molar-refractivity contribution in [2.75, 3.05) is 0 Å². The van der Waals surface area contributed by atoms with E-state index in [0.29, 0.717) is 6.04 Å². The van der Waals surface area contributed by atoms with Gasteiger partial charge in [0.1, 0.15) is 0 Å². The molecule has 0 bridgehead atoms. The number of hydrogen-bond donors (Lipinski definition) is 1. The van der Waals surface area contributed by atoms with Crippen LogP contribution < -0.4 is 10.4 Å². The second kappa shape index (κ2) is 6.52. The van der Waals surface area contributed by atoms with Crippen LogP contribution in [0, 0.1) is 0 Å². The highest BCUT2D eigenvalue weighted by molar-refractivity contribution is 7.65. The van der Waals surface area contributed by atoms with Crippen LogP contribution in [0.5, 0.6) is 0 Å². The quantitative estimate of drug-likeness (QED) is 0.791. The summed E-state index contributed by atoms with van der Waals surface area (Å²) in [6.45, 7) is 9.20. The number of rotatable bonds is 4. The fraction of sp³-hybridized carbons (Fsp3) is 0.333. The molecule has 0 fully saturated rings. The standard InChI is InChI=1S/C18H24NP/c1-15(16-11-7-5-8-12-16)19-20(18(2,3)4)17-13-9-6-10-14-17/h5-15,19H,1-4H3/t15-,20?/m1/s1. The van der Waals surface area contributed by atoms with Crippen LogP contribution in [-0.2, 0) is 0 Å². The Bertz CT molecular complexity index is 516. The lowest BCUT2D eigenvalue weighted by atomic mass is 10.1. The van der Waals surface area contributed by atoms with Crippen LogP contribution in [-0.4, -0.2) is 5.16 Å². The highest BCUT2D eigenvalue weighted by Crippen LogP contribution is 2.46. The van der Waals surface area contributed by atoms with Crippen LogP contribution in [0.4, 0.5) is 0 Å². The summed E-state index contributed by atoms with van der Waals surface area (Å²) in [7, 11) is -0.410. The molecule has 0 radical (unpaired) electrons. The summed E-state index contributed by atoms with van der Waals surface area (Å²) in [6, 6.07) is 21.9.